The number of nitrogens with zero attached hydrogens (tertiary/aromatic N) is 1. The van der Waals surface area contributed by atoms with Crippen molar-refractivity contribution in [3.63, 3.8) is 0 Å². The van der Waals surface area contributed by atoms with Crippen molar-refractivity contribution in [3.8, 4) is 5.75 Å². The van der Waals surface area contributed by atoms with Gasteiger partial charge in [-0.1, -0.05) is 25.5 Å². The molecule has 1 aromatic carbocycles. The van der Waals surface area contributed by atoms with Gasteiger partial charge in [0.25, 0.3) is 5.91 Å². The Morgan fingerprint density at radius 3 is 2.84 bits per heavy atom. The summed E-state index contributed by atoms with van der Waals surface area (Å²) in [5.74, 6) is 1.35. The first-order valence-corrected chi connectivity index (χ1v) is 9.52. The van der Waals surface area contributed by atoms with Gasteiger partial charge in [-0.25, -0.2) is 0 Å². The summed E-state index contributed by atoms with van der Waals surface area (Å²) in [5, 5.41) is 10.9. The summed E-state index contributed by atoms with van der Waals surface area (Å²) < 4.78 is 6.03. The van der Waals surface area contributed by atoms with Gasteiger partial charge in [0, 0.05) is 19.0 Å². The maximum absolute atomic E-state index is 13.1. The molecule has 25 heavy (non-hydrogen) atoms. The van der Waals surface area contributed by atoms with Crippen LogP contribution in [0.5, 0.6) is 5.75 Å². The number of fused-ring (bicyclic) bond motifs is 1. The van der Waals surface area contributed by atoms with Crippen molar-refractivity contribution in [1.29, 1.82) is 0 Å². The lowest BCUT2D eigenvalue weighted by atomic mass is 9.69. The van der Waals surface area contributed by atoms with Crippen LogP contribution in [0.3, 0.4) is 0 Å². The van der Waals surface area contributed by atoms with Gasteiger partial charge in [-0.05, 0) is 63.6 Å². The predicted octanol–water partition coefficient (Wildman–Crippen LogP) is 3.55. The third kappa shape index (κ3) is 3.55. The summed E-state index contributed by atoms with van der Waals surface area (Å²) in [6.45, 7) is 9.13. The van der Waals surface area contributed by atoms with Crippen LogP contribution in [0.25, 0.3) is 0 Å². The van der Waals surface area contributed by atoms with Crippen LogP contribution in [0.2, 0.25) is 0 Å². The summed E-state index contributed by atoms with van der Waals surface area (Å²) in [6.07, 6.45) is 3.78. The van der Waals surface area contributed by atoms with E-state index in [4.69, 9.17) is 4.74 Å². The molecular formula is C21H31NO3. The van der Waals surface area contributed by atoms with Crippen LogP contribution in [-0.2, 0) is 4.79 Å². The van der Waals surface area contributed by atoms with Crippen LogP contribution in [0.1, 0.15) is 52.0 Å². The van der Waals surface area contributed by atoms with Crippen molar-refractivity contribution in [1.82, 2.24) is 4.90 Å². The summed E-state index contributed by atoms with van der Waals surface area (Å²) in [7, 11) is 0. The lowest BCUT2D eigenvalue weighted by Crippen LogP contribution is -2.49. The van der Waals surface area contributed by atoms with Gasteiger partial charge < -0.3 is 14.7 Å². The van der Waals surface area contributed by atoms with Gasteiger partial charge in [-0.15, -0.1) is 0 Å². The first kappa shape index (κ1) is 18.2. The minimum absolute atomic E-state index is 0.0156. The third-order valence-electron chi connectivity index (χ3n) is 6.09. The van der Waals surface area contributed by atoms with Crippen LogP contribution >= 0.6 is 0 Å². The second-order valence-electron chi connectivity index (χ2n) is 8.35. The molecule has 1 saturated heterocycles. The standard InChI is InChI=1S/C21H31NO3/c1-5-21(24)11-7-9-16-13-22(14-18(16)21)19(23)20(3,4)25-17-10-6-8-15(2)12-17/h6,8,10,12,16,18,24H,5,7,9,11,13-14H2,1-4H3/t16-,18+,21-/m1/s1. The molecule has 1 aliphatic heterocycles. The van der Waals surface area contributed by atoms with E-state index in [-0.39, 0.29) is 11.8 Å². The predicted molar refractivity (Wildman–Crippen MR) is 98.5 cm³/mol. The van der Waals surface area contributed by atoms with Crippen molar-refractivity contribution in [2.24, 2.45) is 11.8 Å². The lowest BCUT2D eigenvalue weighted by Gasteiger charge is -2.40. The molecule has 4 heteroatoms. The van der Waals surface area contributed by atoms with Crippen molar-refractivity contribution >= 4 is 5.91 Å². The number of carbonyl (C=O) groups excluding carboxylic acids is 1. The van der Waals surface area contributed by atoms with E-state index in [0.29, 0.717) is 12.5 Å². The molecule has 0 radical (unpaired) electrons. The molecule has 1 heterocycles. The molecule has 1 aliphatic carbocycles. The Bertz CT molecular complexity index is 642. The Hall–Kier alpha value is -1.55. The smallest absolute Gasteiger partial charge is 0.266 e. The number of aliphatic hydroxyl groups is 1. The molecule has 3 rings (SSSR count). The number of hydrogen-bond acceptors (Lipinski definition) is 3. The fourth-order valence-electron chi connectivity index (χ4n) is 4.63. The maximum atomic E-state index is 13.1. The van der Waals surface area contributed by atoms with Gasteiger partial charge >= 0.3 is 0 Å². The lowest BCUT2D eigenvalue weighted by molar-refractivity contribution is -0.145. The van der Waals surface area contributed by atoms with Gasteiger partial charge in [0.15, 0.2) is 5.60 Å². The van der Waals surface area contributed by atoms with E-state index in [2.05, 4.69) is 6.92 Å². The summed E-state index contributed by atoms with van der Waals surface area (Å²) in [5.41, 5.74) is -0.411. The summed E-state index contributed by atoms with van der Waals surface area (Å²) >= 11 is 0. The number of benzene rings is 1. The molecule has 3 atom stereocenters. The average Bonchev–Trinajstić information content (AvgIpc) is 2.99. The van der Waals surface area contributed by atoms with Gasteiger partial charge in [0.2, 0.25) is 0 Å². The zero-order chi connectivity index (χ0) is 18.2. The van der Waals surface area contributed by atoms with E-state index < -0.39 is 11.2 Å². The first-order valence-electron chi connectivity index (χ1n) is 9.52. The number of carbonyl (C=O) groups is 1. The van der Waals surface area contributed by atoms with Crippen molar-refractivity contribution in [2.45, 2.75) is 64.6 Å². The second kappa shape index (κ2) is 6.64. The van der Waals surface area contributed by atoms with Crippen molar-refractivity contribution in [2.75, 3.05) is 13.1 Å². The molecule has 2 aliphatic rings. The monoisotopic (exact) mass is 345 g/mol. The minimum atomic E-state index is -0.911. The SMILES string of the molecule is CC[C@@]1(O)CCC[C@@H]2CN(C(=O)C(C)(C)Oc3cccc(C)c3)C[C@@H]21. The number of aryl methyl sites for hydroxylation is 1. The maximum Gasteiger partial charge on any atom is 0.266 e. The number of amides is 1. The molecule has 1 aromatic rings. The quantitative estimate of drug-likeness (QED) is 0.908. The Labute approximate surface area is 151 Å². The van der Waals surface area contributed by atoms with Gasteiger partial charge in [0.1, 0.15) is 5.75 Å². The van der Waals surface area contributed by atoms with Gasteiger partial charge in [-0.2, -0.15) is 0 Å². The van der Waals surface area contributed by atoms with Gasteiger partial charge in [0.05, 0.1) is 5.60 Å². The first-order chi connectivity index (χ1) is 11.7. The molecule has 0 spiro atoms. The topological polar surface area (TPSA) is 49.8 Å². The fourth-order valence-corrected chi connectivity index (χ4v) is 4.63. The minimum Gasteiger partial charge on any atom is -0.478 e. The summed E-state index contributed by atoms with van der Waals surface area (Å²) in [4.78, 5) is 15.0. The Morgan fingerprint density at radius 2 is 2.16 bits per heavy atom. The number of rotatable bonds is 4. The van der Waals surface area contributed by atoms with Crippen LogP contribution in [0.4, 0.5) is 0 Å². The highest BCUT2D eigenvalue weighted by Crippen LogP contribution is 2.44. The number of hydrogen-bond donors (Lipinski definition) is 1. The van der Waals surface area contributed by atoms with Crippen LogP contribution in [0.15, 0.2) is 24.3 Å². The van der Waals surface area contributed by atoms with Gasteiger partial charge in [-0.3, -0.25) is 4.79 Å². The van der Waals surface area contributed by atoms with E-state index in [1.54, 1.807) is 0 Å². The van der Waals surface area contributed by atoms with Crippen LogP contribution in [-0.4, -0.2) is 40.2 Å². The highest BCUT2D eigenvalue weighted by atomic mass is 16.5. The number of ether oxygens (including phenoxy) is 1. The molecule has 2 fully saturated rings. The molecule has 0 unspecified atom stereocenters. The van der Waals surface area contributed by atoms with E-state index in [9.17, 15) is 9.90 Å². The highest BCUT2D eigenvalue weighted by molar-refractivity contribution is 5.85. The Kier molecular flexibility index (Phi) is 4.84. The Balaban J connectivity index is 1.72. The molecule has 1 saturated carbocycles. The van der Waals surface area contributed by atoms with Crippen molar-refractivity contribution < 1.29 is 14.6 Å². The van der Waals surface area contributed by atoms with E-state index in [1.165, 1.54) is 0 Å². The molecular weight excluding hydrogens is 314 g/mol. The normalized spacial score (nSPS) is 29.4. The molecule has 138 valence electrons. The molecule has 0 aromatic heterocycles. The van der Waals surface area contributed by atoms with Crippen LogP contribution in [0, 0.1) is 18.8 Å². The van der Waals surface area contributed by atoms with E-state index >= 15 is 0 Å². The zero-order valence-corrected chi connectivity index (χ0v) is 15.9. The van der Waals surface area contributed by atoms with Crippen molar-refractivity contribution in [3.05, 3.63) is 29.8 Å². The van der Waals surface area contributed by atoms with E-state index in [1.807, 2.05) is 49.9 Å². The van der Waals surface area contributed by atoms with E-state index in [0.717, 1.165) is 43.5 Å². The fraction of sp³-hybridized carbons (Fsp3) is 0.667. The highest BCUT2D eigenvalue weighted by Gasteiger charge is 2.50. The molecule has 1 N–H and O–H groups in total. The number of likely N-dealkylation sites (tertiary alicyclic amines) is 1. The second-order valence-corrected chi connectivity index (χ2v) is 8.35. The summed E-state index contributed by atoms with van der Waals surface area (Å²) in [6, 6.07) is 7.80. The molecule has 4 nitrogen and oxygen atoms in total. The molecule has 1 amide bonds. The average molecular weight is 345 g/mol. The van der Waals surface area contributed by atoms with Crippen LogP contribution < -0.4 is 4.74 Å². The largest absolute Gasteiger partial charge is 0.478 e. The zero-order valence-electron chi connectivity index (χ0n) is 15.9. The molecule has 0 bridgehead atoms. The Morgan fingerprint density at radius 1 is 1.40 bits per heavy atom. The third-order valence-corrected chi connectivity index (χ3v) is 6.09.